The number of aromatic nitrogens is 2. The number of nitrogens with zero attached hydrogens (tertiary/aromatic N) is 2. The maximum Gasteiger partial charge on any atom is 0.410 e. The second kappa shape index (κ2) is 8.31. The van der Waals surface area contributed by atoms with Crippen LogP contribution in [0.25, 0.3) is 0 Å². The zero-order valence-corrected chi connectivity index (χ0v) is 17.5. The summed E-state index contributed by atoms with van der Waals surface area (Å²) in [5, 5.41) is 19.4. The minimum absolute atomic E-state index is 0.131. The lowest BCUT2D eigenvalue weighted by atomic mass is 9.96. The highest BCUT2D eigenvalue weighted by Crippen LogP contribution is 2.43. The molecule has 0 fully saturated rings. The van der Waals surface area contributed by atoms with Crippen LogP contribution in [0.15, 0.2) is 54.6 Å². The number of amides is 1. The molecule has 168 valence electrons. The van der Waals surface area contributed by atoms with Gasteiger partial charge in [0.05, 0.1) is 12.1 Å². The van der Waals surface area contributed by atoms with Crippen LogP contribution in [0, 0.1) is 6.92 Å². The second-order valence-corrected chi connectivity index (χ2v) is 8.02. The van der Waals surface area contributed by atoms with Gasteiger partial charge in [-0.05, 0) is 37.1 Å². The average molecular weight is 444 g/mol. The monoisotopic (exact) mass is 444 g/mol. The molecule has 0 aliphatic carbocycles. The van der Waals surface area contributed by atoms with E-state index in [1.165, 1.54) is 6.07 Å². The third-order valence-corrected chi connectivity index (χ3v) is 5.53. The number of alkyl halides is 3. The fourth-order valence-corrected chi connectivity index (χ4v) is 3.77. The average Bonchev–Trinajstić information content (AvgIpc) is 3.17. The van der Waals surface area contributed by atoms with Crippen LogP contribution in [0.4, 0.5) is 24.7 Å². The topological polar surface area (TPSA) is 79.2 Å². The molecule has 0 saturated heterocycles. The van der Waals surface area contributed by atoms with E-state index in [1.54, 1.807) is 43.3 Å². The molecule has 3 N–H and O–H groups in total. The first-order valence-electron chi connectivity index (χ1n) is 10.2. The van der Waals surface area contributed by atoms with Crippen LogP contribution in [-0.2, 0) is 0 Å². The predicted octanol–water partition coefficient (Wildman–Crippen LogP) is 5.16. The van der Waals surface area contributed by atoms with Gasteiger partial charge in [-0.1, -0.05) is 42.0 Å². The van der Waals surface area contributed by atoms with Crippen molar-refractivity contribution in [2.45, 2.75) is 44.6 Å². The molecule has 3 aromatic rings. The van der Waals surface area contributed by atoms with Crippen LogP contribution in [-0.4, -0.2) is 27.0 Å². The second-order valence-electron chi connectivity index (χ2n) is 8.02. The normalized spacial score (nSPS) is 19.1. The molecule has 1 amide bonds. The SMILES string of the molecule is Cc1ccc([C@H]2C[C@@H](C(F)(F)F)n3nc(C(=O)Nc4cccc([C@H](C)O)c4)cc3N2)cc1. The fourth-order valence-electron chi connectivity index (χ4n) is 3.77. The van der Waals surface area contributed by atoms with Crippen LogP contribution in [0.3, 0.4) is 0 Å². The predicted molar refractivity (Wildman–Crippen MR) is 115 cm³/mol. The number of halogens is 3. The Kier molecular flexibility index (Phi) is 5.68. The molecule has 4 rings (SSSR count). The first-order valence-corrected chi connectivity index (χ1v) is 10.2. The number of benzene rings is 2. The molecule has 1 aliphatic heterocycles. The first kappa shape index (κ1) is 21.9. The molecule has 2 heterocycles. The summed E-state index contributed by atoms with van der Waals surface area (Å²) in [5.74, 6) is -0.503. The first-order chi connectivity index (χ1) is 15.1. The number of carbonyl (C=O) groups is 1. The fraction of sp³-hybridized carbons (Fsp3) is 0.304. The molecule has 6 nitrogen and oxygen atoms in total. The Morgan fingerprint density at radius 3 is 2.59 bits per heavy atom. The standard InChI is InChI=1S/C23H23F3N4O2/c1-13-6-8-15(9-7-13)18-11-20(23(24,25)26)30-21(28-18)12-19(29-30)22(32)27-17-5-3-4-16(10-17)14(2)31/h3-10,12,14,18,20,28,31H,11H2,1-2H3,(H,27,32)/t14-,18+,20-/m0/s1. The van der Waals surface area contributed by atoms with Crippen molar-refractivity contribution in [2.75, 3.05) is 10.6 Å². The van der Waals surface area contributed by atoms with Crippen LogP contribution in [0.2, 0.25) is 0 Å². The van der Waals surface area contributed by atoms with Gasteiger partial charge in [0.1, 0.15) is 5.82 Å². The number of aliphatic hydroxyl groups excluding tert-OH is 1. The zero-order chi connectivity index (χ0) is 23.0. The van der Waals surface area contributed by atoms with Gasteiger partial charge in [0, 0.05) is 18.2 Å². The highest BCUT2D eigenvalue weighted by molar-refractivity contribution is 6.03. The van der Waals surface area contributed by atoms with E-state index in [-0.39, 0.29) is 17.9 Å². The number of rotatable bonds is 4. The Bertz CT molecular complexity index is 1120. The van der Waals surface area contributed by atoms with E-state index in [0.717, 1.165) is 15.8 Å². The molecule has 1 aliphatic rings. The Morgan fingerprint density at radius 2 is 1.94 bits per heavy atom. The van der Waals surface area contributed by atoms with E-state index in [4.69, 9.17) is 0 Å². The van der Waals surface area contributed by atoms with Gasteiger partial charge >= 0.3 is 6.18 Å². The lowest BCUT2D eigenvalue weighted by molar-refractivity contribution is -0.173. The maximum atomic E-state index is 13.8. The lowest BCUT2D eigenvalue weighted by Gasteiger charge is -2.33. The number of hydrogen-bond acceptors (Lipinski definition) is 4. The summed E-state index contributed by atoms with van der Waals surface area (Å²) < 4.78 is 42.4. The number of anilines is 2. The number of fused-ring (bicyclic) bond motifs is 1. The number of nitrogens with one attached hydrogen (secondary N) is 2. The molecule has 0 bridgehead atoms. The summed E-state index contributed by atoms with van der Waals surface area (Å²) in [4.78, 5) is 12.7. The smallest absolute Gasteiger partial charge is 0.389 e. The van der Waals surface area contributed by atoms with Gasteiger partial charge < -0.3 is 15.7 Å². The van der Waals surface area contributed by atoms with Crippen molar-refractivity contribution in [1.82, 2.24) is 9.78 Å². The van der Waals surface area contributed by atoms with Crippen molar-refractivity contribution >= 4 is 17.4 Å². The van der Waals surface area contributed by atoms with Crippen LogP contribution < -0.4 is 10.6 Å². The van der Waals surface area contributed by atoms with Crippen LogP contribution in [0.1, 0.15) is 58.7 Å². The van der Waals surface area contributed by atoms with Gasteiger partial charge in [0.15, 0.2) is 11.7 Å². The summed E-state index contributed by atoms with van der Waals surface area (Å²) in [6, 6.07) is 12.8. The van der Waals surface area contributed by atoms with Gasteiger partial charge in [0.25, 0.3) is 5.91 Å². The number of aliphatic hydroxyl groups is 1. The molecular weight excluding hydrogens is 421 g/mol. The highest BCUT2D eigenvalue weighted by Gasteiger charge is 2.46. The molecule has 0 radical (unpaired) electrons. The van der Waals surface area contributed by atoms with Gasteiger partial charge in [0.2, 0.25) is 0 Å². The Labute approximate surface area is 183 Å². The molecule has 0 spiro atoms. The molecule has 0 unspecified atom stereocenters. The summed E-state index contributed by atoms with van der Waals surface area (Å²) >= 11 is 0. The quantitative estimate of drug-likeness (QED) is 0.520. The third kappa shape index (κ3) is 4.47. The highest BCUT2D eigenvalue weighted by atomic mass is 19.4. The van der Waals surface area contributed by atoms with E-state index in [2.05, 4.69) is 15.7 Å². The van der Waals surface area contributed by atoms with Crippen molar-refractivity contribution in [3.05, 3.63) is 77.0 Å². The minimum Gasteiger partial charge on any atom is -0.389 e. The van der Waals surface area contributed by atoms with E-state index < -0.39 is 30.3 Å². The maximum absolute atomic E-state index is 13.8. The molecule has 0 saturated carbocycles. The number of aryl methyl sites for hydroxylation is 1. The molecule has 2 aromatic carbocycles. The van der Waals surface area contributed by atoms with Crippen molar-refractivity contribution in [2.24, 2.45) is 0 Å². The Hall–Kier alpha value is -3.33. The van der Waals surface area contributed by atoms with Crippen LogP contribution in [0.5, 0.6) is 0 Å². The minimum atomic E-state index is -4.52. The summed E-state index contributed by atoms with van der Waals surface area (Å²) in [6.07, 6.45) is -5.48. The third-order valence-electron chi connectivity index (χ3n) is 5.53. The van der Waals surface area contributed by atoms with Crippen molar-refractivity contribution in [3.8, 4) is 0 Å². The Morgan fingerprint density at radius 1 is 1.22 bits per heavy atom. The molecule has 3 atom stereocenters. The lowest BCUT2D eigenvalue weighted by Crippen LogP contribution is -2.35. The van der Waals surface area contributed by atoms with E-state index in [9.17, 15) is 23.1 Å². The van der Waals surface area contributed by atoms with Crippen LogP contribution >= 0.6 is 0 Å². The van der Waals surface area contributed by atoms with E-state index in [1.807, 2.05) is 19.1 Å². The molecular formula is C23H23F3N4O2. The zero-order valence-electron chi connectivity index (χ0n) is 17.5. The van der Waals surface area contributed by atoms with Crippen molar-refractivity contribution in [3.63, 3.8) is 0 Å². The number of hydrogen-bond donors (Lipinski definition) is 3. The summed E-state index contributed by atoms with van der Waals surface area (Å²) in [6.45, 7) is 3.51. The van der Waals surface area contributed by atoms with Gasteiger partial charge in [-0.15, -0.1) is 0 Å². The largest absolute Gasteiger partial charge is 0.410 e. The Balaban J connectivity index is 1.62. The van der Waals surface area contributed by atoms with Crippen molar-refractivity contribution < 1.29 is 23.1 Å². The summed E-state index contributed by atoms with van der Waals surface area (Å²) in [7, 11) is 0. The van der Waals surface area contributed by atoms with Crippen molar-refractivity contribution in [1.29, 1.82) is 0 Å². The van der Waals surface area contributed by atoms with E-state index in [0.29, 0.717) is 11.3 Å². The molecule has 1 aromatic heterocycles. The van der Waals surface area contributed by atoms with E-state index >= 15 is 0 Å². The summed E-state index contributed by atoms with van der Waals surface area (Å²) in [5.41, 5.74) is 2.64. The van der Waals surface area contributed by atoms with Gasteiger partial charge in [-0.3, -0.25) is 4.79 Å². The molecule has 9 heteroatoms. The van der Waals surface area contributed by atoms with Gasteiger partial charge in [-0.25, -0.2) is 4.68 Å². The number of carbonyl (C=O) groups excluding carboxylic acids is 1. The van der Waals surface area contributed by atoms with Gasteiger partial charge in [-0.2, -0.15) is 18.3 Å². The molecule has 32 heavy (non-hydrogen) atoms.